The van der Waals surface area contributed by atoms with Gasteiger partial charge in [-0.15, -0.1) is 0 Å². The third-order valence-electron chi connectivity index (χ3n) is 2.65. The van der Waals surface area contributed by atoms with Gasteiger partial charge in [-0.1, -0.05) is 12.8 Å². The fourth-order valence-corrected chi connectivity index (χ4v) is 1.58. The minimum Gasteiger partial charge on any atom is -0.337 e. The lowest BCUT2D eigenvalue weighted by molar-refractivity contribution is 0.249. The van der Waals surface area contributed by atoms with Gasteiger partial charge in [-0.2, -0.15) is 4.98 Å². The van der Waals surface area contributed by atoms with Crippen LogP contribution in [0.15, 0.2) is 17.2 Å². The van der Waals surface area contributed by atoms with Crippen molar-refractivity contribution in [3.63, 3.8) is 0 Å². The summed E-state index contributed by atoms with van der Waals surface area (Å²) in [4.78, 5) is 26.1. The number of nitrogens with one attached hydrogen (secondary N) is 2. The molecule has 7 heteroatoms. The molecule has 1 rings (SSSR count). The van der Waals surface area contributed by atoms with Crippen molar-refractivity contribution in [1.29, 1.82) is 0 Å². The molecule has 0 unspecified atom stereocenters. The molecule has 0 bridgehead atoms. The number of amides is 2. The normalized spacial score (nSPS) is 10.2. The van der Waals surface area contributed by atoms with Crippen molar-refractivity contribution < 1.29 is 4.79 Å². The van der Waals surface area contributed by atoms with E-state index in [0.29, 0.717) is 18.8 Å². The van der Waals surface area contributed by atoms with Gasteiger partial charge < -0.3 is 11.1 Å². The van der Waals surface area contributed by atoms with Crippen LogP contribution in [0, 0.1) is 6.92 Å². The smallest absolute Gasteiger partial charge is 0.333 e. The zero-order valence-corrected chi connectivity index (χ0v) is 11.2. The number of rotatable bonds is 7. The van der Waals surface area contributed by atoms with Gasteiger partial charge in [-0.25, -0.2) is 14.9 Å². The fraction of sp³-hybridized carbons (Fsp3) is 0.583. The van der Waals surface area contributed by atoms with Crippen molar-refractivity contribution in [1.82, 2.24) is 15.0 Å². The van der Waals surface area contributed by atoms with E-state index in [-0.39, 0.29) is 11.6 Å². The Bertz CT molecular complexity index is 458. The minimum atomic E-state index is -0.323. The summed E-state index contributed by atoms with van der Waals surface area (Å²) >= 11 is 0. The first-order valence-corrected chi connectivity index (χ1v) is 6.43. The summed E-state index contributed by atoms with van der Waals surface area (Å²) in [6.45, 7) is 3.05. The van der Waals surface area contributed by atoms with Crippen molar-refractivity contribution >= 4 is 6.03 Å². The molecule has 4 N–H and O–H groups in total. The lowest BCUT2D eigenvalue weighted by Crippen LogP contribution is -2.36. The molecule has 19 heavy (non-hydrogen) atoms. The average molecular weight is 267 g/mol. The van der Waals surface area contributed by atoms with Crippen LogP contribution in [0.2, 0.25) is 0 Å². The van der Waals surface area contributed by atoms with Crippen LogP contribution in [-0.4, -0.2) is 28.8 Å². The molecule has 0 aromatic carbocycles. The number of hydrogen-bond acceptors (Lipinski definition) is 4. The van der Waals surface area contributed by atoms with E-state index in [4.69, 9.17) is 5.73 Å². The highest BCUT2D eigenvalue weighted by Crippen LogP contribution is 1.97. The van der Waals surface area contributed by atoms with Crippen molar-refractivity contribution in [3.8, 4) is 0 Å². The monoisotopic (exact) mass is 267 g/mol. The molecule has 2 amide bonds. The van der Waals surface area contributed by atoms with Crippen LogP contribution in [0.1, 0.15) is 31.4 Å². The zero-order valence-electron chi connectivity index (χ0n) is 11.2. The number of urea groups is 1. The summed E-state index contributed by atoms with van der Waals surface area (Å²) in [5.74, 6) is 0. The highest BCUT2D eigenvalue weighted by Gasteiger charge is 2.02. The average Bonchev–Trinajstić information content (AvgIpc) is 2.37. The van der Waals surface area contributed by atoms with E-state index in [1.807, 2.05) is 0 Å². The maximum absolute atomic E-state index is 11.6. The second-order valence-electron chi connectivity index (χ2n) is 4.31. The van der Waals surface area contributed by atoms with Crippen LogP contribution in [0.25, 0.3) is 0 Å². The molecule has 0 saturated carbocycles. The number of unbranched alkanes of at least 4 members (excludes halogenated alkanes) is 3. The number of carbonyl (C=O) groups is 1. The molecule has 1 heterocycles. The van der Waals surface area contributed by atoms with Gasteiger partial charge in [0.1, 0.15) is 6.33 Å². The van der Waals surface area contributed by atoms with Crippen LogP contribution >= 0.6 is 0 Å². The molecule has 7 nitrogen and oxygen atoms in total. The summed E-state index contributed by atoms with van der Waals surface area (Å²) in [6, 6.07) is 1.04. The molecule has 0 saturated heterocycles. The number of aromatic nitrogens is 2. The first kappa shape index (κ1) is 15.2. The number of carbonyl (C=O) groups excluding carboxylic acids is 1. The number of hydrogen-bond donors (Lipinski definition) is 3. The quantitative estimate of drug-likeness (QED) is 0.619. The maximum atomic E-state index is 11.6. The van der Waals surface area contributed by atoms with Crippen LogP contribution in [0.3, 0.4) is 0 Å². The first-order valence-electron chi connectivity index (χ1n) is 6.43. The fourth-order valence-electron chi connectivity index (χ4n) is 1.58. The molecular formula is C12H21N5O2. The van der Waals surface area contributed by atoms with Crippen LogP contribution in [0.5, 0.6) is 0 Å². The third-order valence-corrected chi connectivity index (χ3v) is 2.65. The van der Waals surface area contributed by atoms with E-state index in [0.717, 1.165) is 25.7 Å². The topological polar surface area (TPSA) is 102 Å². The number of nitrogens with zero attached hydrogens (tertiary/aromatic N) is 2. The van der Waals surface area contributed by atoms with Gasteiger partial charge in [0, 0.05) is 18.3 Å². The Kier molecular flexibility index (Phi) is 6.59. The summed E-state index contributed by atoms with van der Waals surface area (Å²) < 4.78 is 1.41. The van der Waals surface area contributed by atoms with Crippen molar-refractivity contribution in [2.45, 2.75) is 32.6 Å². The van der Waals surface area contributed by atoms with Gasteiger partial charge in [0.15, 0.2) is 0 Å². The SMILES string of the molecule is Cc1cc(=O)ncn1NC(=O)NCCCCCCN. The second kappa shape index (κ2) is 8.25. The van der Waals surface area contributed by atoms with Crippen LogP contribution in [0.4, 0.5) is 4.79 Å². The van der Waals surface area contributed by atoms with E-state index in [2.05, 4.69) is 15.7 Å². The highest BCUT2D eigenvalue weighted by atomic mass is 16.2. The number of nitrogens with two attached hydrogens (primary N) is 1. The van der Waals surface area contributed by atoms with Gasteiger partial charge >= 0.3 is 6.03 Å². The predicted octanol–water partition coefficient (Wildman–Crippen LogP) is 0.324. The predicted molar refractivity (Wildman–Crippen MR) is 73.5 cm³/mol. The molecule has 0 fully saturated rings. The lowest BCUT2D eigenvalue weighted by atomic mass is 10.2. The van der Waals surface area contributed by atoms with Gasteiger partial charge in [-0.3, -0.25) is 4.79 Å². The molecule has 106 valence electrons. The minimum absolute atomic E-state index is 0.313. The van der Waals surface area contributed by atoms with Gasteiger partial charge in [0.2, 0.25) is 0 Å². The molecular weight excluding hydrogens is 246 g/mol. The Morgan fingerprint density at radius 1 is 1.37 bits per heavy atom. The molecule has 0 aliphatic rings. The summed E-state index contributed by atoms with van der Waals surface area (Å²) in [7, 11) is 0. The summed E-state index contributed by atoms with van der Waals surface area (Å²) in [6.07, 6.45) is 5.38. The third kappa shape index (κ3) is 6.01. The maximum Gasteiger partial charge on any atom is 0.333 e. The molecule has 0 atom stereocenters. The van der Waals surface area contributed by atoms with Gasteiger partial charge in [0.25, 0.3) is 5.56 Å². The molecule has 0 radical (unpaired) electrons. The van der Waals surface area contributed by atoms with Gasteiger partial charge in [0.05, 0.1) is 0 Å². The Hall–Kier alpha value is -1.89. The molecule has 0 aliphatic carbocycles. The second-order valence-corrected chi connectivity index (χ2v) is 4.31. The Morgan fingerprint density at radius 2 is 2.11 bits per heavy atom. The largest absolute Gasteiger partial charge is 0.337 e. The highest BCUT2D eigenvalue weighted by molar-refractivity contribution is 5.81. The zero-order chi connectivity index (χ0) is 14.1. The molecule has 1 aromatic heterocycles. The summed E-state index contributed by atoms with van der Waals surface area (Å²) in [5.41, 5.74) is 8.28. The van der Waals surface area contributed by atoms with E-state index < -0.39 is 0 Å². The Labute approximate surface area is 112 Å². The van der Waals surface area contributed by atoms with Gasteiger partial charge in [-0.05, 0) is 26.3 Å². The molecule has 0 aliphatic heterocycles. The van der Waals surface area contributed by atoms with Crippen LogP contribution < -0.4 is 22.0 Å². The molecule has 0 spiro atoms. The first-order chi connectivity index (χ1) is 9.13. The van der Waals surface area contributed by atoms with Crippen molar-refractivity contribution in [2.75, 3.05) is 18.5 Å². The van der Waals surface area contributed by atoms with E-state index >= 15 is 0 Å². The molecule has 1 aromatic rings. The van der Waals surface area contributed by atoms with E-state index in [1.165, 1.54) is 17.1 Å². The van der Waals surface area contributed by atoms with Crippen molar-refractivity contribution in [2.24, 2.45) is 5.73 Å². The number of aryl methyl sites for hydroxylation is 1. The van der Waals surface area contributed by atoms with E-state index in [1.54, 1.807) is 6.92 Å². The summed E-state index contributed by atoms with van der Waals surface area (Å²) in [5, 5.41) is 2.74. The Balaban J connectivity index is 2.25. The van der Waals surface area contributed by atoms with Crippen molar-refractivity contribution in [3.05, 3.63) is 28.4 Å². The lowest BCUT2D eigenvalue weighted by Gasteiger charge is -2.11. The van der Waals surface area contributed by atoms with E-state index in [9.17, 15) is 9.59 Å². The van der Waals surface area contributed by atoms with Crippen LogP contribution in [-0.2, 0) is 0 Å². The Morgan fingerprint density at radius 3 is 2.79 bits per heavy atom. The standard InChI is InChI=1S/C12H21N5O2/c1-10-8-11(18)15-9-17(10)16-12(19)14-7-5-3-2-4-6-13/h8-9H,2-7,13H2,1H3,(H2,14,16,19).